The van der Waals surface area contributed by atoms with E-state index in [1.54, 1.807) is 0 Å². The maximum atomic E-state index is 2.39. The van der Waals surface area contributed by atoms with E-state index >= 15 is 0 Å². The Balaban J connectivity index is 3.13. The Bertz CT molecular complexity index is 403. The van der Waals surface area contributed by atoms with Crippen LogP contribution < -0.4 is 4.90 Å². The second-order valence-electron chi connectivity index (χ2n) is 4.30. The third-order valence-electron chi connectivity index (χ3n) is 3.19. The normalized spacial score (nSPS) is 11.9. The summed E-state index contributed by atoms with van der Waals surface area (Å²) < 4.78 is 0. The number of allylic oxidation sites excluding steroid dienone is 3. The van der Waals surface area contributed by atoms with Crippen LogP contribution in [0.4, 0.5) is 5.69 Å². The van der Waals surface area contributed by atoms with E-state index in [9.17, 15) is 0 Å². The van der Waals surface area contributed by atoms with Gasteiger partial charge >= 0.3 is 0 Å². The monoisotopic (exact) mass is 258 g/mol. The first kappa shape index (κ1) is 15.4. The molecule has 0 amide bonds. The van der Waals surface area contributed by atoms with Crippen LogP contribution in [-0.4, -0.2) is 24.5 Å². The highest BCUT2D eigenvalue weighted by Gasteiger charge is 2.13. The van der Waals surface area contributed by atoms with Crippen molar-refractivity contribution in [2.75, 3.05) is 24.5 Å². The van der Waals surface area contributed by atoms with Gasteiger partial charge in [-0.15, -0.1) is 0 Å². The minimum absolute atomic E-state index is 0.962. The minimum atomic E-state index is 0.962. The van der Waals surface area contributed by atoms with Gasteiger partial charge in [-0.25, -0.2) is 0 Å². The Hall–Kier alpha value is -1.70. The van der Waals surface area contributed by atoms with Crippen molar-refractivity contribution in [3.8, 4) is 0 Å². The van der Waals surface area contributed by atoms with Crippen molar-refractivity contribution in [1.82, 2.24) is 4.90 Å². The molecule has 0 aliphatic heterocycles. The van der Waals surface area contributed by atoms with Crippen LogP contribution in [-0.2, 0) is 0 Å². The Kier molecular flexibility index (Phi) is 6.80. The molecule has 0 fully saturated rings. The van der Waals surface area contributed by atoms with Crippen molar-refractivity contribution in [1.29, 1.82) is 0 Å². The largest absolute Gasteiger partial charge is 0.359 e. The number of rotatable bonds is 7. The summed E-state index contributed by atoms with van der Waals surface area (Å²) in [6.07, 6.45) is 6.38. The molecular formula is C17H26N2. The van der Waals surface area contributed by atoms with Gasteiger partial charge in [-0.3, -0.25) is 0 Å². The van der Waals surface area contributed by atoms with Crippen LogP contribution in [0.15, 0.2) is 54.4 Å². The molecule has 0 aliphatic carbocycles. The van der Waals surface area contributed by atoms with E-state index in [1.165, 1.54) is 11.5 Å². The molecule has 0 spiro atoms. The predicted octanol–water partition coefficient (Wildman–Crippen LogP) is 4.27. The third kappa shape index (κ3) is 4.16. The Morgan fingerprint density at radius 1 is 1.00 bits per heavy atom. The topological polar surface area (TPSA) is 6.48 Å². The van der Waals surface area contributed by atoms with Crippen molar-refractivity contribution < 1.29 is 0 Å². The van der Waals surface area contributed by atoms with Crippen molar-refractivity contribution in [2.45, 2.75) is 27.7 Å². The van der Waals surface area contributed by atoms with E-state index in [-0.39, 0.29) is 0 Å². The average Bonchev–Trinajstić information content (AvgIpc) is 2.47. The number of anilines is 1. The lowest BCUT2D eigenvalue weighted by Crippen LogP contribution is -2.35. The number of benzene rings is 1. The predicted molar refractivity (Wildman–Crippen MR) is 85.3 cm³/mol. The molecule has 0 atom stereocenters. The molecule has 0 heterocycles. The Morgan fingerprint density at radius 2 is 1.63 bits per heavy atom. The fraction of sp³-hybridized carbons (Fsp3) is 0.412. The zero-order chi connectivity index (χ0) is 14.1. The molecule has 2 nitrogen and oxygen atoms in total. The molecule has 104 valence electrons. The third-order valence-corrected chi connectivity index (χ3v) is 3.19. The Labute approximate surface area is 118 Å². The lowest BCUT2D eigenvalue weighted by molar-refractivity contribution is 0.370. The highest BCUT2D eigenvalue weighted by atomic mass is 15.3. The van der Waals surface area contributed by atoms with Crippen LogP contribution in [0.3, 0.4) is 0 Å². The fourth-order valence-electron chi connectivity index (χ4n) is 2.18. The standard InChI is InChI=1S/C17H26N2/c1-5-9-15-17(18(6-2)7-3)19(8-4)16-13-11-10-12-14-16/h5,9-15H,6-8H2,1-4H3/b9-5+,17-15+. The first-order valence-electron chi connectivity index (χ1n) is 7.18. The van der Waals surface area contributed by atoms with Gasteiger partial charge in [0.25, 0.3) is 0 Å². The molecule has 0 radical (unpaired) electrons. The summed E-state index contributed by atoms with van der Waals surface area (Å²) in [6, 6.07) is 10.6. The molecule has 0 aromatic heterocycles. The lowest BCUT2D eigenvalue weighted by Gasteiger charge is -2.34. The first-order valence-corrected chi connectivity index (χ1v) is 7.18. The van der Waals surface area contributed by atoms with Crippen LogP contribution in [0.25, 0.3) is 0 Å². The second kappa shape index (κ2) is 8.41. The molecule has 0 bridgehead atoms. The SMILES string of the molecule is C/C=C/C=C(\N(CC)CC)N(CC)c1ccccc1. The number of nitrogens with zero attached hydrogens (tertiary/aromatic N) is 2. The van der Waals surface area contributed by atoms with Gasteiger partial charge in [0, 0.05) is 25.3 Å². The maximum Gasteiger partial charge on any atom is 0.108 e. The van der Waals surface area contributed by atoms with Gasteiger partial charge < -0.3 is 9.80 Å². The summed E-state index contributed by atoms with van der Waals surface area (Å²) in [6.45, 7) is 11.6. The van der Waals surface area contributed by atoms with E-state index < -0.39 is 0 Å². The van der Waals surface area contributed by atoms with Crippen LogP contribution in [0.1, 0.15) is 27.7 Å². The quantitative estimate of drug-likeness (QED) is 0.674. The number of para-hydroxylation sites is 1. The highest BCUT2D eigenvalue weighted by molar-refractivity contribution is 5.51. The van der Waals surface area contributed by atoms with Gasteiger partial charge in [-0.2, -0.15) is 0 Å². The molecule has 1 aromatic rings. The number of hydrogen-bond donors (Lipinski definition) is 0. The second-order valence-corrected chi connectivity index (χ2v) is 4.30. The molecule has 1 rings (SSSR count). The van der Waals surface area contributed by atoms with E-state index in [1.807, 2.05) is 0 Å². The summed E-state index contributed by atoms with van der Waals surface area (Å²) in [4.78, 5) is 4.74. The summed E-state index contributed by atoms with van der Waals surface area (Å²) in [5.74, 6) is 1.26. The molecule has 19 heavy (non-hydrogen) atoms. The lowest BCUT2D eigenvalue weighted by atomic mass is 10.2. The number of hydrogen-bond acceptors (Lipinski definition) is 2. The van der Waals surface area contributed by atoms with Gasteiger partial charge in [0.15, 0.2) is 0 Å². The fourth-order valence-corrected chi connectivity index (χ4v) is 2.18. The van der Waals surface area contributed by atoms with Crippen LogP contribution >= 0.6 is 0 Å². The zero-order valence-corrected chi connectivity index (χ0v) is 12.6. The Morgan fingerprint density at radius 3 is 2.11 bits per heavy atom. The molecule has 0 aliphatic rings. The van der Waals surface area contributed by atoms with Crippen LogP contribution in [0, 0.1) is 0 Å². The van der Waals surface area contributed by atoms with E-state index in [4.69, 9.17) is 0 Å². The van der Waals surface area contributed by atoms with Crippen LogP contribution in [0.2, 0.25) is 0 Å². The van der Waals surface area contributed by atoms with E-state index in [0.29, 0.717) is 0 Å². The van der Waals surface area contributed by atoms with Crippen molar-refractivity contribution in [3.63, 3.8) is 0 Å². The van der Waals surface area contributed by atoms with E-state index in [0.717, 1.165) is 19.6 Å². The minimum Gasteiger partial charge on any atom is -0.359 e. The zero-order valence-electron chi connectivity index (χ0n) is 12.6. The molecule has 0 saturated carbocycles. The van der Waals surface area contributed by atoms with Gasteiger partial charge in [0.1, 0.15) is 5.82 Å². The van der Waals surface area contributed by atoms with Crippen molar-refractivity contribution in [2.24, 2.45) is 0 Å². The van der Waals surface area contributed by atoms with Crippen molar-refractivity contribution in [3.05, 3.63) is 54.4 Å². The summed E-state index contributed by atoms with van der Waals surface area (Å²) in [7, 11) is 0. The molecular weight excluding hydrogens is 232 g/mol. The molecule has 0 unspecified atom stereocenters. The molecule has 2 heteroatoms. The summed E-state index contributed by atoms with van der Waals surface area (Å²) >= 11 is 0. The van der Waals surface area contributed by atoms with Crippen molar-refractivity contribution >= 4 is 5.69 Å². The summed E-state index contributed by atoms with van der Waals surface area (Å²) in [5.41, 5.74) is 1.24. The van der Waals surface area contributed by atoms with Crippen LogP contribution in [0.5, 0.6) is 0 Å². The molecule has 1 aromatic carbocycles. The summed E-state index contributed by atoms with van der Waals surface area (Å²) in [5, 5.41) is 0. The maximum absolute atomic E-state index is 2.39. The molecule has 0 N–H and O–H groups in total. The smallest absolute Gasteiger partial charge is 0.108 e. The van der Waals surface area contributed by atoms with Gasteiger partial charge in [0.05, 0.1) is 0 Å². The van der Waals surface area contributed by atoms with E-state index in [2.05, 4.69) is 86.1 Å². The van der Waals surface area contributed by atoms with Gasteiger partial charge in [0.2, 0.25) is 0 Å². The van der Waals surface area contributed by atoms with Gasteiger partial charge in [-0.1, -0.05) is 30.4 Å². The molecule has 0 saturated heterocycles. The average molecular weight is 258 g/mol. The van der Waals surface area contributed by atoms with Gasteiger partial charge in [-0.05, 0) is 45.9 Å². The first-order chi connectivity index (χ1) is 9.28. The highest BCUT2D eigenvalue weighted by Crippen LogP contribution is 2.21.